The molecule has 0 aliphatic rings. The number of carbonyl (C=O) groups is 1. The van der Waals surface area contributed by atoms with Crippen molar-refractivity contribution in [3.05, 3.63) is 23.9 Å². The summed E-state index contributed by atoms with van der Waals surface area (Å²) in [5.41, 5.74) is 5.09. The summed E-state index contributed by atoms with van der Waals surface area (Å²) < 4.78 is 0. The average molecular weight is 180 g/mol. The summed E-state index contributed by atoms with van der Waals surface area (Å²) in [6.45, 7) is 0.390. The summed E-state index contributed by atoms with van der Waals surface area (Å²) >= 11 is 0. The van der Waals surface area contributed by atoms with E-state index < -0.39 is 5.91 Å². The zero-order chi connectivity index (χ0) is 9.68. The van der Waals surface area contributed by atoms with Crippen LogP contribution in [0.1, 0.15) is 10.5 Å². The van der Waals surface area contributed by atoms with Crippen LogP contribution in [0.15, 0.2) is 12.1 Å². The van der Waals surface area contributed by atoms with Gasteiger partial charge in [-0.1, -0.05) is 0 Å². The van der Waals surface area contributed by atoms with Crippen molar-refractivity contribution in [1.82, 2.24) is 4.98 Å². The Morgan fingerprint density at radius 3 is 3.15 bits per heavy atom. The van der Waals surface area contributed by atoms with Crippen LogP contribution in [0.25, 0.3) is 0 Å². The number of pyridine rings is 1. The number of aromatic nitrogens is 1. The van der Waals surface area contributed by atoms with E-state index in [0.29, 0.717) is 12.4 Å². The number of nitrogens with two attached hydrogens (primary N) is 1. The van der Waals surface area contributed by atoms with Crippen molar-refractivity contribution in [1.29, 1.82) is 0 Å². The molecule has 13 heavy (non-hydrogen) atoms. The number of amides is 1. The number of nitrogens with zero attached hydrogens (tertiary/aromatic N) is 1. The Morgan fingerprint density at radius 1 is 1.77 bits per heavy atom. The zero-order valence-electron chi connectivity index (χ0n) is 6.95. The average Bonchev–Trinajstić information content (AvgIpc) is 2.15. The van der Waals surface area contributed by atoms with Crippen LogP contribution in [0.2, 0.25) is 0 Å². The number of aliphatic hydroxyl groups is 1. The number of rotatable bonds is 4. The van der Waals surface area contributed by atoms with Gasteiger partial charge in [-0.05, 0) is 12.1 Å². The molecule has 5 nitrogen and oxygen atoms in total. The first kappa shape index (κ1) is 9.47. The Morgan fingerprint density at radius 2 is 2.54 bits per heavy atom. The van der Waals surface area contributed by atoms with E-state index in [0.717, 1.165) is 0 Å². The van der Waals surface area contributed by atoms with Gasteiger partial charge >= 0.3 is 0 Å². The molecule has 0 saturated carbocycles. The van der Waals surface area contributed by atoms with Crippen LogP contribution in [-0.4, -0.2) is 29.1 Å². The monoisotopic (exact) mass is 180 g/mol. The molecule has 1 heterocycles. The predicted octanol–water partition coefficient (Wildman–Crippen LogP) is -0.615. The third-order valence-electron chi connectivity index (χ3n) is 1.34. The Balaban J connectivity index is 2.73. The topological polar surface area (TPSA) is 88.2 Å². The molecule has 1 aromatic rings. The molecule has 0 unspecified atom stereocenters. The molecule has 0 bridgehead atoms. The van der Waals surface area contributed by atoms with Gasteiger partial charge < -0.3 is 16.2 Å². The van der Waals surface area contributed by atoms with Crippen molar-refractivity contribution in [3.63, 3.8) is 0 Å². The lowest BCUT2D eigenvalue weighted by Crippen LogP contribution is -2.15. The second-order valence-corrected chi connectivity index (χ2v) is 2.34. The lowest BCUT2D eigenvalue weighted by Gasteiger charge is -2.03. The molecule has 69 valence electrons. The standard InChI is InChI=1S/C8H10N3O2/c9-8(13)6-2-1-3-7(11-6)10-4-5-12/h1,3,12H,4-5H2,(H2,9,13)(H,10,11). The van der Waals surface area contributed by atoms with Gasteiger partial charge in [0.1, 0.15) is 11.5 Å². The van der Waals surface area contributed by atoms with Crippen LogP contribution in [0.4, 0.5) is 5.82 Å². The highest BCUT2D eigenvalue weighted by Crippen LogP contribution is 2.02. The minimum absolute atomic E-state index is 0.00614. The summed E-state index contributed by atoms with van der Waals surface area (Å²) in [7, 11) is 0. The van der Waals surface area contributed by atoms with E-state index in [1.165, 1.54) is 0 Å². The highest BCUT2D eigenvalue weighted by Gasteiger charge is 2.02. The first-order valence-corrected chi connectivity index (χ1v) is 3.77. The van der Waals surface area contributed by atoms with E-state index in [9.17, 15) is 4.79 Å². The maximum absolute atomic E-state index is 10.7. The molecule has 0 fully saturated rings. The number of hydrogen-bond donors (Lipinski definition) is 3. The first-order valence-electron chi connectivity index (χ1n) is 3.77. The number of nitrogens with one attached hydrogen (secondary N) is 1. The van der Waals surface area contributed by atoms with Gasteiger partial charge in [0.25, 0.3) is 5.91 Å². The fourth-order valence-corrected chi connectivity index (χ4v) is 0.798. The molecule has 4 N–H and O–H groups in total. The fraction of sp³-hybridized carbons (Fsp3) is 0.250. The second-order valence-electron chi connectivity index (χ2n) is 2.34. The van der Waals surface area contributed by atoms with Crippen molar-refractivity contribution in [2.45, 2.75) is 0 Å². The van der Waals surface area contributed by atoms with E-state index >= 15 is 0 Å². The normalized spacial score (nSPS) is 9.62. The van der Waals surface area contributed by atoms with E-state index in [1.807, 2.05) is 0 Å². The summed E-state index contributed by atoms with van der Waals surface area (Å²) in [6, 6.07) is 5.79. The maximum atomic E-state index is 10.7. The van der Waals surface area contributed by atoms with Gasteiger partial charge in [0.2, 0.25) is 0 Å². The number of aliphatic hydroxyl groups excluding tert-OH is 1. The van der Waals surface area contributed by atoms with Crippen molar-refractivity contribution in [2.24, 2.45) is 5.73 Å². The summed E-state index contributed by atoms with van der Waals surface area (Å²) in [5.74, 6) is -0.116. The number of carbonyl (C=O) groups excluding carboxylic acids is 1. The van der Waals surface area contributed by atoms with Crippen molar-refractivity contribution >= 4 is 11.7 Å². The maximum Gasteiger partial charge on any atom is 0.268 e. The van der Waals surface area contributed by atoms with Gasteiger partial charge in [0, 0.05) is 12.6 Å². The molecule has 0 aliphatic carbocycles. The minimum Gasteiger partial charge on any atom is -0.395 e. The highest BCUT2D eigenvalue weighted by molar-refractivity contribution is 5.90. The fourth-order valence-electron chi connectivity index (χ4n) is 0.798. The van der Waals surface area contributed by atoms with Crippen molar-refractivity contribution in [3.8, 4) is 0 Å². The van der Waals surface area contributed by atoms with Crippen LogP contribution in [0.5, 0.6) is 0 Å². The Hall–Kier alpha value is -1.62. The lowest BCUT2D eigenvalue weighted by molar-refractivity contribution is 0.0995. The van der Waals surface area contributed by atoms with Gasteiger partial charge in [0.05, 0.1) is 6.61 Å². The van der Waals surface area contributed by atoms with Crippen LogP contribution < -0.4 is 11.1 Å². The van der Waals surface area contributed by atoms with E-state index in [2.05, 4.69) is 16.4 Å². The molecule has 0 spiro atoms. The van der Waals surface area contributed by atoms with E-state index in [-0.39, 0.29) is 12.3 Å². The Labute approximate surface area is 75.6 Å². The van der Waals surface area contributed by atoms with E-state index in [4.69, 9.17) is 10.8 Å². The van der Waals surface area contributed by atoms with Gasteiger partial charge in [-0.15, -0.1) is 0 Å². The Bertz CT molecular complexity index is 301. The van der Waals surface area contributed by atoms with Crippen molar-refractivity contribution < 1.29 is 9.90 Å². The Kier molecular flexibility index (Phi) is 3.22. The largest absolute Gasteiger partial charge is 0.395 e. The molecule has 0 saturated heterocycles. The summed E-state index contributed by atoms with van der Waals surface area (Å²) in [6.07, 6.45) is 0. The third-order valence-corrected chi connectivity index (χ3v) is 1.34. The third kappa shape index (κ3) is 2.72. The van der Waals surface area contributed by atoms with Crippen molar-refractivity contribution in [2.75, 3.05) is 18.5 Å². The van der Waals surface area contributed by atoms with Gasteiger partial charge in [-0.3, -0.25) is 4.79 Å². The molecule has 5 heteroatoms. The number of hydrogen-bond acceptors (Lipinski definition) is 4. The molecule has 0 atom stereocenters. The highest BCUT2D eigenvalue weighted by atomic mass is 16.3. The van der Waals surface area contributed by atoms with Crippen LogP contribution in [0.3, 0.4) is 0 Å². The zero-order valence-corrected chi connectivity index (χ0v) is 6.95. The SMILES string of the molecule is NC(=O)c1[c]ccc(NCCO)n1. The van der Waals surface area contributed by atoms with Crippen LogP contribution in [-0.2, 0) is 0 Å². The van der Waals surface area contributed by atoms with Gasteiger partial charge in [-0.2, -0.15) is 0 Å². The van der Waals surface area contributed by atoms with Gasteiger partial charge in [-0.25, -0.2) is 4.98 Å². The van der Waals surface area contributed by atoms with E-state index in [1.54, 1.807) is 12.1 Å². The van der Waals surface area contributed by atoms with Crippen LogP contribution in [0, 0.1) is 6.07 Å². The smallest absolute Gasteiger partial charge is 0.268 e. The second kappa shape index (κ2) is 4.42. The van der Waals surface area contributed by atoms with Crippen LogP contribution >= 0.6 is 0 Å². The molecule has 1 aromatic heterocycles. The predicted molar refractivity (Wildman–Crippen MR) is 47.2 cm³/mol. The molecule has 0 aromatic carbocycles. The molecule has 1 amide bonds. The molecule has 0 aliphatic heterocycles. The number of primary amides is 1. The molecule has 1 rings (SSSR count). The molecular formula is C8H10N3O2. The summed E-state index contributed by atoms with van der Waals surface area (Å²) in [5, 5.41) is 11.3. The summed E-state index contributed by atoms with van der Waals surface area (Å²) in [4.78, 5) is 14.5. The molecule has 1 radical (unpaired) electrons. The lowest BCUT2D eigenvalue weighted by atomic mass is 10.3. The first-order chi connectivity index (χ1) is 6.24. The quantitative estimate of drug-likeness (QED) is 0.576. The van der Waals surface area contributed by atoms with Gasteiger partial charge in [0.15, 0.2) is 0 Å². The number of anilines is 1. The molecular weight excluding hydrogens is 170 g/mol. The minimum atomic E-state index is -0.618.